The van der Waals surface area contributed by atoms with Crippen LogP contribution in [0, 0.1) is 0 Å². The number of alkyl halides is 3. The molecular formula is C13H17F3N2. The summed E-state index contributed by atoms with van der Waals surface area (Å²) in [5.41, 5.74) is 5.63. The molecule has 2 N–H and O–H groups in total. The highest BCUT2D eigenvalue weighted by Crippen LogP contribution is 2.32. The number of piperidine rings is 1. The van der Waals surface area contributed by atoms with Gasteiger partial charge in [-0.05, 0) is 31.0 Å². The van der Waals surface area contributed by atoms with E-state index in [9.17, 15) is 13.2 Å². The van der Waals surface area contributed by atoms with Crippen molar-refractivity contribution < 1.29 is 13.2 Å². The van der Waals surface area contributed by atoms with E-state index in [4.69, 9.17) is 5.73 Å². The maximum atomic E-state index is 12.8. The van der Waals surface area contributed by atoms with Crippen LogP contribution in [0.15, 0.2) is 24.3 Å². The van der Waals surface area contributed by atoms with Crippen molar-refractivity contribution in [2.24, 2.45) is 5.73 Å². The molecule has 0 saturated carbocycles. The smallest absolute Gasteiger partial charge is 0.327 e. The zero-order valence-corrected chi connectivity index (χ0v) is 10.1. The van der Waals surface area contributed by atoms with Gasteiger partial charge in [0.2, 0.25) is 0 Å². The Morgan fingerprint density at radius 2 is 2.00 bits per heavy atom. The summed E-state index contributed by atoms with van der Waals surface area (Å²) in [6.07, 6.45) is -2.37. The molecule has 0 bridgehead atoms. The van der Waals surface area contributed by atoms with E-state index in [2.05, 4.69) is 0 Å². The van der Waals surface area contributed by atoms with Crippen molar-refractivity contribution in [3.8, 4) is 0 Å². The SMILES string of the molecule is N[C@@H]1CCCN(Cc2ccccc2C(F)(F)F)C1. The lowest BCUT2D eigenvalue weighted by atomic mass is 10.0. The van der Waals surface area contributed by atoms with Gasteiger partial charge in [-0.2, -0.15) is 13.2 Å². The van der Waals surface area contributed by atoms with Gasteiger partial charge in [0.25, 0.3) is 0 Å². The van der Waals surface area contributed by atoms with Crippen molar-refractivity contribution in [2.45, 2.75) is 31.6 Å². The van der Waals surface area contributed by atoms with Crippen molar-refractivity contribution in [3.05, 3.63) is 35.4 Å². The van der Waals surface area contributed by atoms with Crippen molar-refractivity contribution in [3.63, 3.8) is 0 Å². The van der Waals surface area contributed by atoms with Crippen LogP contribution in [-0.4, -0.2) is 24.0 Å². The van der Waals surface area contributed by atoms with E-state index in [0.29, 0.717) is 18.7 Å². The first-order valence-electron chi connectivity index (χ1n) is 6.10. The Morgan fingerprint density at radius 1 is 1.28 bits per heavy atom. The van der Waals surface area contributed by atoms with E-state index in [1.807, 2.05) is 4.90 Å². The van der Waals surface area contributed by atoms with Gasteiger partial charge in [-0.15, -0.1) is 0 Å². The number of hydrogen-bond donors (Lipinski definition) is 1. The topological polar surface area (TPSA) is 29.3 Å². The van der Waals surface area contributed by atoms with Crippen LogP contribution in [0.25, 0.3) is 0 Å². The monoisotopic (exact) mass is 258 g/mol. The Morgan fingerprint density at radius 3 is 2.67 bits per heavy atom. The van der Waals surface area contributed by atoms with Gasteiger partial charge in [0.05, 0.1) is 5.56 Å². The molecule has 1 saturated heterocycles. The van der Waals surface area contributed by atoms with Crippen LogP contribution >= 0.6 is 0 Å². The first kappa shape index (κ1) is 13.4. The normalized spacial score (nSPS) is 22.1. The van der Waals surface area contributed by atoms with Gasteiger partial charge in [0, 0.05) is 19.1 Å². The van der Waals surface area contributed by atoms with Crippen LogP contribution in [0.1, 0.15) is 24.0 Å². The minimum atomic E-state index is -4.28. The average molecular weight is 258 g/mol. The maximum Gasteiger partial charge on any atom is 0.416 e. The predicted molar refractivity (Wildman–Crippen MR) is 63.9 cm³/mol. The fourth-order valence-electron chi connectivity index (χ4n) is 2.41. The fourth-order valence-corrected chi connectivity index (χ4v) is 2.41. The summed E-state index contributed by atoms with van der Waals surface area (Å²) in [5, 5.41) is 0. The van der Waals surface area contributed by atoms with Gasteiger partial charge in [0.15, 0.2) is 0 Å². The Kier molecular flexibility index (Phi) is 3.92. The number of nitrogens with two attached hydrogens (primary N) is 1. The molecule has 1 atom stereocenters. The number of halogens is 3. The van der Waals surface area contributed by atoms with E-state index in [1.54, 1.807) is 12.1 Å². The van der Waals surface area contributed by atoms with Gasteiger partial charge in [0.1, 0.15) is 0 Å². The molecule has 5 heteroatoms. The van der Waals surface area contributed by atoms with E-state index >= 15 is 0 Å². The lowest BCUT2D eigenvalue weighted by molar-refractivity contribution is -0.138. The molecule has 0 unspecified atom stereocenters. The van der Waals surface area contributed by atoms with Crippen LogP contribution in [0.4, 0.5) is 13.2 Å². The standard InChI is InChI=1S/C13H17F3N2/c14-13(15,16)12-6-2-1-4-10(12)8-18-7-3-5-11(17)9-18/h1-2,4,6,11H,3,5,7-9,17H2/t11-/m1/s1. The van der Waals surface area contributed by atoms with Gasteiger partial charge in [-0.1, -0.05) is 18.2 Å². The molecule has 0 aliphatic carbocycles. The van der Waals surface area contributed by atoms with Gasteiger partial charge >= 0.3 is 6.18 Å². The van der Waals surface area contributed by atoms with Crippen molar-refractivity contribution in [1.82, 2.24) is 4.90 Å². The molecule has 2 rings (SSSR count). The number of nitrogens with zero attached hydrogens (tertiary/aromatic N) is 1. The molecule has 2 nitrogen and oxygen atoms in total. The zero-order valence-electron chi connectivity index (χ0n) is 10.1. The van der Waals surface area contributed by atoms with E-state index in [1.165, 1.54) is 6.07 Å². The van der Waals surface area contributed by atoms with Crippen LogP contribution in [-0.2, 0) is 12.7 Å². The second-order valence-electron chi connectivity index (χ2n) is 4.79. The first-order valence-corrected chi connectivity index (χ1v) is 6.10. The number of hydrogen-bond acceptors (Lipinski definition) is 2. The quantitative estimate of drug-likeness (QED) is 0.883. The zero-order chi connectivity index (χ0) is 13.2. The van der Waals surface area contributed by atoms with Gasteiger partial charge < -0.3 is 5.73 Å². The van der Waals surface area contributed by atoms with Crippen molar-refractivity contribution in [2.75, 3.05) is 13.1 Å². The minimum absolute atomic E-state index is 0.0804. The molecule has 1 aliphatic heterocycles. The lowest BCUT2D eigenvalue weighted by Crippen LogP contribution is -2.42. The van der Waals surface area contributed by atoms with E-state index in [0.717, 1.165) is 25.5 Å². The summed E-state index contributed by atoms with van der Waals surface area (Å²) in [7, 11) is 0. The number of rotatable bonds is 2. The molecule has 0 aromatic heterocycles. The summed E-state index contributed by atoms with van der Waals surface area (Å²) >= 11 is 0. The second kappa shape index (κ2) is 5.28. The van der Waals surface area contributed by atoms with Crippen molar-refractivity contribution >= 4 is 0 Å². The summed E-state index contributed by atoms with van der Waals surface area (Å²) in [6.45, 7) is 1.81. The molecule has 0 amide bonds. The molecule has 1 heterocycles. The Bertz CT molecular complexity index is 403. The maximum absolute atomic E-state index is 12.8. The molecule has 1 aromatic rings. The predicted octanol–water partition coefficient (Wildman–Crippen LogP) is 2.63. The molecule has 18 heavy (non-hydrogen) atoms. The fraction of sp³-hybridized carbons (Fsp3) is 0.538. The third-order valence-corrected chi connectivity index (χ3v) is 3.26. The summed E-state index contributed by atoms with van der Waals surface area (Å²) < 4.78 is 38.5. The summed E-state index contributed by atoms with van der Waals surface area (Å²) in [6, 6.07) is 5.84. The molecule has 1 fully saturated rings. The Hall–Kier alpha value is -1.07. The van der Waals surface area contributed by atoms with E-state index < -0.39 is 11.7 Å². The largest absolute Gasteiger partial charge is 0.416 e. The Labute approximate surface area is 105 Å². The summed E-state index contributed by atoms with van der Waals surface area (Å²) in [5.74, 6) is 0. The number of likely N-dealkylation sites (tertiary alicyclic amines) is 1. The molecule has 1 aliphatic rings. The lowest BCUT2D eigenvalue weighted by Gasteiger charge is -2.31. The average Bonchev–Trinajstić information content (AvgIpc) is 2.28. The van der Waals surface area contributed by atoms with Gasteiger partial charge in [-0.25, -0.2) is 0 Å². The highest BCUT2D eigenvalue weighted by atomic mass is 19.4. The van der Waals surface area contributed by atoms with Crippen LogP contribution in [0.2, 0.25) is 0 Å². The van der Waals surface area contributed by atoms with Crippen molar-refractivity contribution in [1.29, 1.82) is 0 Å². The van der Waals surface area contributed by atoms with Crippen LogP contribution in [0.5, 0.6) is 0 Å². The molecule has 0 radical (unpaired) electrons. The molecule has 1 aromatic carbocycles. The second-order valence-corrected chi connectivity index (χ2v) is 4.79. The van der Waals surface area contributed by atoms with Crippen LogP contribution in [0.3, 0.4) is 0 Å². The third kappa shape index (κ3) is 3.23. The Balaban J connectivity index is 2.13. The highest BCUT2D eigenvalue weighted by molar-refractivity contribution is 5.29. The summed E-state index contributed by atoms with van der Waals surface area (Å²) in [4.78, 5) is 2.00. The highest BCUT2D eigenvalue weighted by Gasteiger charge is 2.33. The van der Waals surface area contributed by atoms with Gasteiger partial charge in [-0.3, -0.25) is 4.90 Å². The van der Waals surface area contributed by atoms with Crippen LogP contribution < -0.4 is 5.73 Å². The third-order valence-electron chi connectivity index (χ3n) is 3.26. The molecule has 100 valence electrons. The van der Waals surface area contributed by atoms with E-state index in [-0.39, 0.29) is 6.04 Å². The molecule has 0 spiro atoms. The minimum Gasteiger partial charge on any atom is -0.327 e. The molecular weight excluding hydrogens is 241 g/mol. The number of benzene rings is 1. The first-order chi connectivity index (χ1) is 8.47.